The first-order chi connectivity index (χ1) is 13.2. The largest absolute Gasteiger partial charge is 0.489 e. The van der Waals surface area contributed by atoms with Gasteiger partial charge in [0, 0.05) is 12.5 Å². The number of ether oxygens (including phenoxy) is 1. The Kier molecular flexibility index (Phi) is 6.71. The molecular formula is C21H21N3O2S. The molecule has 0 bridgehead atoms. The first-order valence-electron chi connectivity index (χ1n) is 8.81. The van der Waals surface area contributed by atoms with Crippen molar-refractivity contribution in [1.82, 2.24) is 10.2 Å². The second-order valence-corrected chi connectivity index (χ2v) is 6.98. The number of aryl methyl sites for hydroxylation is 1. The highest BCUT2D eigenvalue weighted by molar-refractivity contribution is 7.15. The van der Waals surface area contributed by atoms with E-state index >= 15 is 0 Å². The molecule has 2 aromatic carbocycles. The maximum absolute atomic E-state index is 12.0. The maximum atomic E-state index is 12.0. The Hall–Kier alpha value is -2.99. The molecule has 0 unspecified atom stereocenters. The van der Waals surface area contributed by atoms with Crippen LogP contribution in [0.25, 0.3) is 6.08 Å². The quantitative estimate of drug-likeness (QED) is 0.575. The predicted octanol–water partition coefficient (Wildman–Crippen LogP) is 4.72. The number of nitrogens with one attached hydrogen (secondary N) is 1. The average Bonchev–Trinajstić information content (AvgIpc) is 3.13. The van der Waals surface area contributed by atoms with Gasteiger partial charge < -0.3 is 4.74 Å². The molecule has 0 fully saturated rings. The van der Waals surface area contributed by atoms with Crippen LogP contribution in [0.3, 0.4) is 0 Å². The molecule has 0 aliphatic heterocycles. The fourth-order valence-corrected chi connectivity index (χ4v) is 3.20. The summed E-state index contributed by atoms with van der Waals surface area (Å²) in [5.74, 6) is 0.566. The molecule has 1 heterocycles. The number of aromatic nitrogens is 2. The topological polar surface area (TPSA) is 64.1 Å². The molecule has 27 heavy (non-hydrogen) atoms. The summed E-state index contributed by atoms with van der Waals surface area (Å²) in [6, 6.07) is 17.6. The third-order valence-electron chi connectivity index (χ3n) is 3.72. The Morgan fingerprint density at radius 1 is 1.11 bits per heavy atom. The third-order valence-corrected chi connectivity index (χ3v) is 4.61. The van der Waals surface area contributed by atoms with Gasteiger partial charge in [-0.2, -0.15) is 0 Å². The van der Waals surface area contributed by atoms with Crippen LogP contribution in [0.5, 0.6) is 5.75 Å². The molecule has 1 aromatic heterocycles. The Bertz CT molecular complexity index is 889. The molecule has 3 aromatic rings. The van der Waals surface area contributed by atoms with E-state index in [0.717, 1.165) is 34.7 Å². The molecule has 0 saturated heterocycles. The zero-order chi connectivity index (χ0) is 18.9. The zero-order valence-electron chi connectivity index (χ0n) is 15.1. The molecular weight excluding hydrogens is 358 g/mol. The van der Waals surface area contributed by atoms with Crippen LogP contribution in [-0.4, -0.2) is 16.1 Å². The number of anilines is 1. The van der Waals surface area contributed by atoms with Gasteiger partial charge in [0.15, 0.2) is 0 Å². The first kappa shape index (κ1) is 18.8. The molecule has 0 atom stereocenters. The lowest BCUT2D eigenvalue weighted by Gasteiger charge is -2.06. The van der Waals surface area contributed by atoms with Crippen molar-refractivity contribution in [3.8, 4) is 5.75 Å². The van der Waals surface area contributed by atoms with Crippen molar-refractivity contribution in [3.63, 3.8) is 0 Å². The SMILES string of the molecule is CCCc1nnc(NC(=O)/C=C/c2ccc(OCc3ccccc3)cc2)s1. The third kappa shape index (κ3) is 6.04. The second-order valence-electron chi connectivity index (χ2n) is 5.92. The van der Waals surface area contributed by atoms with Gasteiger partial charge in [-0.25, -0.2) is 0 Å². The van der Waals surface area contributed by atoms with Crippen molar-refractivity contribution in [2.45, 2.75) is 26.4 Å². The van der Waals surface area contributed by atoms with E-state index in [1.165, 1.54) is 17.4 Å². The van der Waals surface area contributed by atoms with Crippen molar-refractivity contribution in [2.75, 3.05) is 5.32 Å². The standard InChI is InChI=1S/C21H21N3O2S/c1-2-6-20-23-24-21(27-20)22-19(25)14-11-16-9-12-18(13-10-16)26-15-17-7-4-3-5-8-17/h3-5,7-14H,2,6,15H2,1H3,(H,22,24,25)/b14-11+. The predicted molar refractivity (Wildman–Crippen MR) is 109 cm³/mol. The van der Waals surface area contributed by atoms with Crippen LogP contribution in [0.1, 0.15) is 29.5 Å². The van der Waals surface area contributed by atoms with Crippen molar-refractivity contribution >= 4 is 28.5 Å². The van der Waals surface area contributed by atoms with Crippen molar-refractivity contribution in [3.05, 3.63) is 76.8 Å². The van der Waals surface area contributed by atoms with Gasteiger partial charge in [-0.15, -0.1) is 10.2 Å². The van der Waals surface area contributed by atoms with Crippen LogP contribution in [0.2, 0.25) is 0 Å². The smallest absolute Gasteiger partial charge is 0.250 e. The maximum Gasteiger partial charge on any atom is 0.250 e. The Morgan fingerprint density at radius 2 is 1.89 bits per heavy atom. The molecule has 0 aliphatic rings. The summed E-state index contributed by atoms with van der Waals surface area (Å²) >= 11 is 1.41. The second kappa shape index (κ2) is 9.64. The Balaban J connectivity index is 1.50. The zero-order valence-corrected chi connectivity index (χ0v) is 15.9. The number of nitrogens with zero attached hydrogens (tertiary/aromatic N) is 2. The van der Waals surface area contributed by atoms with Gasteiger partial charge in [0.05, 0.1) is 0 Å². The lowest BCUT2D eigenvalue weighted by atomic mass is 10.2. The summed E-state index contributed by atoms with van der Waals surface area (Å²) in [7, 11) is 0. The van der Waals surface area contributed by atoms with E-state index in [0.29, 0.717) is 11.7 Å². The Labute approximate surface area is 162 Å². The minimum absolute atomic E-state index is 0.224. The molecule has 138 valence electrons. The molecule has 1 N–H and O–H groups in total. The van der Waals surface area contributed by atoms with Crippen LogP contribution < -0.4 is 10.1 Å². The molecule has 0 radical (unpaired) electrons. The first-order valence-corrected chi connectivity index (χ1v) is 9.63. The van der Waals surface area contributed by atoms with Crippen molar-refractivity contribution in [2.24, 2.45) is 0 Å². The minimum Gasteiger partial charge on any atom is -0.489 e. The van der Waals surface area contributed by atoms with Gasteiger partial charge in [0.25, 0.3) is 0 Å². The molecule has 0 aliphatic carbocycles. The number of benzene rings is 2. The number of carbonyl (C=O) groups is 1. The lowest BCUT2D eigenvalue weighted by molar-refractivity contribution is -0.111. The van der Waals surface area contributed by atoms with E-state index in [2.05, 4.69) is 22.4 Å². The van der Waals surface area contributed by atoms with Gasteiger partial charge in [0.2, 0.25) is 11.0 Å². The molecule has 3 rings (SSSR count). The monoisotopic (exact) mass is 379 g/mol. The molecule has 6 heteroatoms. The van der Waals surface area contributed by atoms with Crippen LogP contribution in [0.15, 0.2) is 60.7 Å². The summed E-state index contributed by atoms with van der Waals surface area (Å²) in [6.07, 6.45) is 5.13. The summed E-state index contributed by atoms with van der Waals surface area (Å²) in [6.45, 7) is 2.61. The van der Waals surface area contributed by atoms with Gasteiger partial charge in [-0.05, 0) is 35.8 Å². The van der Waals surface area contributed by atoms with E-state index in [1.807, 2.05) is 54.6 Å². The van der Waals surface area contributed by atoms with Gasteiger partial charge in [0.1, 0.15) is 17.4 Å². The number of amides is 1. The van der Waals surface area contributed by atoms with Crippen LogP contribution >= 0.6 is 11.3 Å². The van der Waals surface area contributed by atoms with E-state index in [-0.39, 0.29) is 5.91 Å². The summed E-state index contributed by atoms with van der Waals surface area (Å²) in [5, 5.41) is 12.2. The molecule has 5 nitrogen and oxygen atoms in total. The van der Waals surface area contributed by atoms with Crippen molar-refractivity contribution < 1.29 is 9.53 Å². The van der Waals surface area contributed by atoms with Crippen LogP contribution in [-0.2, 0) is 17.8 Å². The average molecular weight is 379 g/mol. The van der Waals surface area contributed by atoms with E-state index in [1.54, 1.807) is 6.08 Å². The normalized spacial score (nSPS) is 10.9. The minimum atomic E-state index is -0.224. The highest BCUT2D eigenvalue weighted by atomic mass is 32.1. The fourth-order valence-electron chi connectivity index (χ4n) is 2.35. The summed E-state index contributed by atoms with van der Waals surface area (Å²) in [4.78, 5) is 12.0. The molecule has 0 spiro atoms. The number of carbonyl (C=O) groups excluding carboxylic acids is 1. The molecule has 0 saturated carbocycles. The van der Waals surface area contributed by atoms with E-state index in [9.17, 15) is 4.79 Å². The van der Waals surface area contributed by atoms with Gasteiger partial charge in [-0.1, -0.05) is 60.7 Å². The van der Waals surface area contributed by atoms with Crippen molar-refractivity contribution in [1.29, 1.82) is 0 Å². The Morgan fingerprint density at radius 3 is 2.63 bits per heavy atom. The summed E-state index contributed by atoms with van der Waals surface area (Å²) < 4.78 is 5.76. The van der Waals surface area contributed by atoms with Crippen LogP contribution in [0.4, 0.5) is 5.13 Å². The van der Waals surface area contributed by atoms with Crippen LogP contribution in [0, 0.1) is 0 Å². The number of rotatable bonds is 8. The van der Waals surface area contributed by atoms with Gasteiger partial charge >= 0.3 is 0 Å². The summed E-state index contributed by atoms with van der Waals surface area (Å²) in [5.41, 5.74) is 2.04. The van der Waals surface area contributed by atoms with E-state index in [4.69, 9.17) is 4.74 Å². The fraction of sp³-hybridized carbons (Fsp3) is 0.190. The van der Waals surface area contributed by atoms with E-state index < -0.39 is 0 Å². The number of hydrogen-bond acceptors (Lipinski definition) is 5. The number of hydrogen-bond donors (Lipinski definition) is 1. The molecule has 1 amide bonds. The highest BCUT2D eigenvalue weighted by Crippen LogP contribution is 2.17. The lowest BCUT2D eigenvalue weighted by Crippen LogP contribution is -2.07. The van der Waals surface area contributed by atoms with Gasteiger partial charge in [-0.3, -0.25) is 10.1 Å². The highest BCUT2D eigenvalue weighted by Gasteiger charge is 2.05.